The maximum absolute atomic E-state index is 6.92. The first-order valence-electron chi connectivity index (χ1n) is 11.3. The fourth-order valence-corrected chi connectivity index (χ4v) is 4.10. The topological polar surface area (TPSA) is 9.23 Å². The van der Waals surface area contributed by atoms with E-state index >= 15 is 0 Å². The fraction of sp³-hybridized carbons (Fsp3) is 0.161. The van der Waals surface area contributed by atoms with E-state index in [1.54, 1.807) is 0 Å². The first-order valence-corrected chi connectivity index (χ1v) is 11.3. The Labute approximate surface area is 192 Å². The molecule has 0 aliphatic rings. The molecular formula is C31H30O. The Bertz CT molecular complexity index is 990. The van der Waals surface area contributed by atoms with Crippen LogP contribution in [-0.4, -0.2) is 6.61 Å². The standard InChI is InChI=1S/C31H30O/c1-26(15-14-18-27-16-6-2-7-17-27)25-32-31(28-19-8-3-9-20-28,29-21-10-4-11-22-29)30-23-12-5-13-24-30/h2-14,16-24,26H,15,25H2,1H3/b18-14+. The van der Waals surface area contributed by atoms with E-state index in [-0.39, 0.29) is 0 Å². The van der Waals surface area contributed by atoms with Crippen LogP contribution in [0.3, 0.4) is 0 Å². The van der Waals surface area contributed by atoms with Crippen molar-refractivity contribution in [2.75, 3.05) is 6.61 Å². The summed E-state index contributed by atoms with van der Waals surface area (Å²) in [6.07, 6.45) is 5.40. The summed E-state index contributed by atoms with van der Waals surface area (Å²) in [7, 11) is 0. The fourth-order valence-electron chi connectivity index (χ4n) is 4.10. The molecule has 0 spiro atoms. The van der Waals surface area contributed by atoms with Gasteiger partial charge in [-0.1, -0.05) is 140 Å². The molecule has 160 valence electrons. The van der Waals surface area contributed by atoms with Gasteiger partial charge in [0.1, 0.15) is 5.60 Å². The Kier molecular flexibility index (Phi) is 7.32. The third-order valence-electron chi connectivity index (χ3n) is 5.77. The number of ether oxygens (including phenoxy) is 1. The van der Waals surface area contributed by atoms with Crippen molar-refractivity contribution in [3.63, 3.8) is 0 Å². The zero-order chi connectivity index (χ0) is 22.1. The lowest BCUT2D eigenvalue weighted by Crippen LogP contribution is -2.34. The van der Waals surface area contributed by atoms with Crippen molar-refractivity contribution in [3.05, 3.63) is 150 Å². The molecule has 0 saturated carbocycles. The molecule has 0 fully saturated rings. The summed E-state index contributed by atoms with van der Waals surface area (Å²) in [6.45, 7) is 2.90. The Morgan fingerprint density at radius 2 is 1.03 bits per heavy atom. The van der Waals surface area contributed by atoms with Crippen LogP contribution in [0, 0.1) is 5.92 Å². The van der Waals surface area contributed by atoms with Crippen LogP contribution >= 0.6 is 0 Å². The second kappa shape index (κ2) is 10.7. The third-order valence-corrected chi connectivity index (χ3v) is 5.77. The largest absolute Gasteiger partial charge is 0.361 e. The van der Waals surface area contributed by atoms with Crippen molar-refractivity contribution < 1.29 is 4.74 Å². The van der Waals surface area contributed by atoms with Crippen LogP contribution in [0.4, 0.5) is 0 Å². The zero-order valence-electron chi connectivity index (χ0n) is 18.6. The molecule has 32 heavy (non-hydrogen) atoms. The number of hydrogen-bond donors (Lipinski definition) is 0. The molecule has 4 aromatic rings. The van der Waals surface area contributed by atoms with Gasteiger partial charge in [-0.2, -0.15) is 0 Å². The van der Waals surface area contributed by atoms with Crippen LogP contribution in [0.5, 0.6) is 0 Å². The number of hydrogen-bond acceptors (Lipinski definition) is 1. The minimum absolute atomic E-state index is 0.380. The normalized spacial score (nSPS) is 12.7. The predicted molar refractivity (Wildman–Crippen MR) is 134 cm³/mol. The zero-order valence-corrected chi connectivity index (χ0v) is 18.6. The van der Waals surface area contributed by atoms with E-state index in [4.69, 9.17) is 4.74 Å². The lowest BCUT2D eigenvalue weighted by Gasteiger charge is -2.36. The molecule has 0 aromatic heterocycles. The lowest BCUT2D eigenvalue weighted by atomic mass is 9.80. The van der Waals surface area contributed by atoms with E-state index in [1.807, 2.05) is 6.07 Å². The molecule has 1 nitrogen and oxygen atoms in total. The van der Waals surface area contributed by atoms with Gasteiger partial charge in [0.25, 0.3) is 0 Å². The van der Waals surface area contributed by atoms with Crippen LogP contribution in [0.2, 0.25) is 0 Å². The number of benzene rings is 4. The van der Waals surface area contributed by atoms with E-state index in [2.05, 4.69) is 134 Å². The summed E-state index contributed by atoms with van der Waals surface area (Å²) in [5, 5.41) is 0. The Morgan fingerprint density at radius 3 is 1.47 bits per heavy atom. The van der Waals surface area contributed by atoms with Crippen molar-refractivity contribution in [1.82, 2.24) is 0 Å². The molecule has 0 amide bonds. The Hall–Kier alpha value is -3.42. The lowest BCUT2D eigenvalue weighted by molar-refractivity contribution is -0.00472. The van der Waals surface area contributed by atoms with Gasteiger partial charge in [0.2, 0.25) is 0 Å². The summed E-state index contributed by atoms with van der Waals surface area (Å²) < 4.78 is 6.92. The predicted octanol–water partition coefficient (Wildman–Crippen LogP) is 7.73. The van der Waals surface area contributed by atoms with Crippen LogP contribution in [-0.2, 0) is 10.3 Å². The van der Waals surface area contributed by atoms with Crippen LogP contribution < -0.4 is 0 Å². The first kappa shape index (κ1) is 21.8. The minimum Gasteiger partial charge on any atom is -0.361 e. The number of allylic oxidation sites excluding steroid dienone is 1. The highest BCUT2D eigenvalue weighted by molar-refractivity contribution is 5.49. The van der Waals surface area contributed by atoms with E-state index in [9.17, 15) is 0 Å². The first-order chi connectivity index (χ1) is 15.8. The van der Waals surface area contributed by atoms with Gasteiger partial charge in [0, 0.05) is 0 Å². The summed E-state index contributed by atoms with van der Waals surface area (Å²) in [4.78, 5) is 0. The van der Waals surface area contributed by atoms with Gasteiger partial charge in [-0.05, 0) is 34.6 Å². The van der Waals surface area contributed by atoms with E-state index in [0.29, 0.717) is 12.5 Å². The SMILES string of the molecule is CC(C/C=C/c1ccccc1)COC(c1ccccc1)(c1ccccc1)c1ccccc1. The summed E-state index contributed by atoms with van der Waals surface area (Å²) in [6, 6.07) is 42.1. The van der Waals surface area contributed by atoms with Gasteiger partial charge < -0.3 is 4.74 Å². The summed E-state index contributed by atoms with van der Waals surface area (Å²) in [5.41, 5.74) is 4.01. The van der Waals surface area contributed by atoms with Gasteiger partial charge in [-0.3, -0.25) is 0 Å². The molecule has 0 N–H and O–H groups in total. The van der Waals surface area contributed by atoms with Crippen LogP contribution in [0.15, 0.2) is 127 Å². The van der Waals surface area contributed by atoms with Crippen molar-refractivity contribution in [2.45, 2.75) is 18.9 Å². The van der Waals surface area contributed by atoms with E-state index in [1.165, 1.54) is 5.56 Å². The molecule has 0 radical (unpaired) electrons. The van der Waals surface area contributed by atoms with Crippen molar-refractivity contribution in [1.29, 1.82) is 0 Å². The molecule has 0 aliphatic carbocycles. The van der Waals surface area contributed by atoms with Gasteiger partial charge in [-0.15, -0.1) is 0 Å². The van der Waals surface area contributed by atoms with Crippen molar-refractivity contribution in [3.8, 4) is 0 Å². The molecule has 0 heterocycles. The molecule has 4 aromatic carbocycles. The quantitative estimate of drug-likeness (QED) is 0.253. The van der Waals surface area contributed by atoms with Gasteiger partial charge >= 0.3 is 0 Å². The highest BCUT2D eigenvalue weighted by atomic mass is 16.5. The Balaban J connectivity index is 1.63. The van der Waals surface area contributed by atoms with Gasteiger partial charge in [0.05, 0.1) is 6.61 Å². The highest BCUT2D eigenvalue weighted by Gasteiger charge is 2.37. The van der Waals surface area contributed by atoms with Gasteiger partial charge in [-0.25, -0.2) is 0 Å². The van der Waals surface area contributed by atoms with Crippen molar-refractivity contribution >= 4 is 6.08 Å². The van der Waals surface area contributed by atoms with Crippen LogP contribution in [0.1, 0.15) is 35.6 Å². The van der Waals surface area contributed by atoms with Crippen LogP contribution in [0.25, 0.3) is 6.08 Å². The molecular weight excluding hydrogens is 388 g/mol. The molecule has 0 saturated heterocycles. The second-order valence-electron chi connectivity index (χ2n) is 8.24. The maximum Gasteiger partial charge on any atom is 0.143 e. The molecule has 1 atom stereocenters. The highest BCUT2D eigenvalue weighted by Crippen LogP contribution is 2.40. The smallest absolute Gasteiger partial charge is 0.143 e. The molecule has 1 heteroatoms. The van der Waals surface area contributed by atoms with Crippen molar-refractivity contribution in [2.24, 2.45) is 5.92 Å². The third kappa shape index (κ3) is 5.07. The average molecular weight is 419 g/mol. The average Bonchev–Trinajstić information content (AvgIpc) is 2.87. The van der Waals surface area contributed by atoms with Gasteiger partial charge in [0.15, 0.2) is 0 Å². The summed E-state index contributed by atoms with van der Waals surface area (Å²) >= 11 is 0. The molecule has 4 rings (SSSR count). The maximum atomic E-state index is 6.92. The minimum atomic E-state index is -0.652. The van der Waals surface area contributed by atoms with E-state index < -0.39 is 5.60 Å². The summed E-state index contributed by atoms with van der Waals surface area (Å²) in [5.74, 6) is 0.380. The molecule has 1 unspecified atom stereocenters. The molecule has 0 bridgehead atoms. The Morgan fingerprint density at radius 1 is 0.625 bits per heavy atom. The molecule has 0 aliphatic heterocycles. The van der Waals surface area contributed by atoms with E-state index in [0.717, 1.165) is 23.1 Å². The monoisotopic (exact) mass is 418 g/mol. The number of rotatable bonds is 9. The second-order valence-corrected chi connectivity index (χ2v) is 8.24.